The lowest BCUT2D eigenvalue weighted by molar-refractivity contribution is -0.384. The first-order valence-electron chi connectivity index (χ1n) is 7.17. The van der Waals surface area contributed by atoms with Crippen molar-refractivity contribution in [3.05, 3.63) is 33.9 Å². The zero-order valence-electron chi connectivity index (χ0n) is 12.6. The molecule has 8 heteroatoms. The number of non-ortho nitro benzene ring substituents is 1. The van der Waals surface area contributed by atoms with E-state index in [1.54, 1.807) is 6.07 Å². The van der Waals surface area contributed by atoms with E-state index >= 15 is 0 Å². The van der Waals surface area contributed by atoms with Crippen LogP contribution in [-0.4, -0.2) is 42.3 Å². The molecule has 0 aliphatic carbocycles. The first-order valence-corrected chi connectivity index (χ1v) is 7.17. The molecule has 1 unspecified atom stereocenters. The maximum Gasteiger partial charge on any atom is 0.334 e. The number of aliphatic hydroxyl groups is 1. The second-order valence-electron chi connectivity index (χ2n) is 5.36. The molecule has 0 amide bonds. The quantitative estimate of drug-likeness (QED) is 0.503. The first-order chi connectivity index (χ1) is 11.0. The van der Waals surface area contributed by atoms with Gasteiger partial charge in [0.05, 0.1) is 23.3 Å². The van der Waals surface area contributed by atoms with E-state index in [4.69, 9.17) is 0 Å². The first kappa shape index (κ1) is 16.7. The minimum Gasteiger partial charge on any atom is -0.467 e. The maximum atomic E-state index is 11.4. The molecule has 1 fully saturated rings. The van der Waals surface area contributed by atoms with Crippen LogP contribution in [0.3, 0.4) is 0 Å². The lowest BCUT2D eigenvalue weighted by atomic mass is 9.90. The van der Waals surface area contributed by atoms with E-state index in [1.807, 2.05) is 11.0 Å². The van der Waals surface area contributed by atoms with Gasteiger partial charge in [-0.3, -0.25) is 10.1 Å². The van der Waals surface area contributed by atoms with Crippen LogP contribution in [0.2, 0.25) is 0 Å². The van der Waals surface area contributed by atoms with Crippen LogP contribution >= 0.6 is 0 Å². The Balaban J connectivity index is 2.10. The second-order valence-corrected chi connectivity index (χ2v) is 5.36. The van der Waals surface area contributed by atoms with Gasteiger partial charge in [-0.2, -0.15) is 5.26 Å². The fourth-order valence-corrected chi connectivity index (χ4v) is 2.77. The molecular weight excluding hydrogens is 302 g/mol. The standard InChI is InChI=1S/C15H17N3O5/c1-23-15(20)14(19)10-4-6-17(7-5-10)13-3-2-12(18(21)22)8-11(13)9-16/h2-3,8,10,14,19H,4-7H2,1H3. The topological polar surface area (TPSA) is 117 Å². The van der Waals surface area contributed by atoms with E-state index in [2.05, 4.69) is 4.74 Å². The summed E-state index contributed by atoms with van der Waals surface area (Å²) in [4.78, 5) is 23.5. The van der Waals surface area contributed by atoms with Crippen LogP contribution in [0.25, 0.3) is 0 Å². The van der Waals surface area contributed by atoms with E-state index in [0.717, 1.165) is 0 Å². The summed E-state index contributed by atoms with van der Waals surface area (Å²) in [7, 11) is 1.23. The highest BCUT2D eigenvalue weighted by molar-refractivity contribution is 5.74. The van der Waals surface area contributed by atoms with E-state index in [-0.39, 0.29) is 17.2 Å². The third-order valence-corrected chi connectivity index (χ3v) is 4.08. The lowest BCUT2D eigenvalue weighted by Crippen LogP contribution is -2.41. The van der Waals surface area contributed by atoms with E-state index in [1.165, 1.54) is 19.2 Å². The van der Waals surface area contributed by atoms with Crippen LogP contribution in [0.4, 0.5) is 11.4 Å². The van der Waals surface area contributed by atoms with Crippen LogP contribution in [0, 0.1) is 27.4 Å². The Hall–Kier alpha value is -2.66. The summed E-state index contributed by atoms with van der Waals surface area (Å²) in [6.45, 7) is 1.09. The van der Waals surface area contributed by atoms with Gasteiger partial charge in [-0.15, -0.1) is 0 Å². The smallest absolute Gasteiger partial charge is 0.334 e. The molecule has 1 saturated heterocycles. The summed E-state index contributed by atoms with van der Waals surface area (Å²) >= 11 is 0. The fourth-order valence-electron chi connectivity index (χ4n) is 2.77. The molecule has 23 heavy (non-hydrogen) atoms. The van der Waals surface area contributed by atoms with Crippen molar-refractivity contribution in [3.8, 4) is 6.07 Å². The monoisotopic (exact) mass is 319 g/mol. The molecule has 0 spiro atoms. The van der Waals surface area contributed by atoms with Crippen LogP contribution in [0.1, 0.15) is 18.4 Å². The molecule has 0 aromatic heterocycles. The Bertz CT molecular complexity index is 647. The number of aliphatic hydroxyl groups excluding tert-OH is 1. The number of anilines is 1. The lowest BCUT2D eigenvalue weighted by Gasteiger charge is -2.35. The van der Waals surface area contributed by atoms with Crippen molar-refractivity contribution >= 4 is 17.3 Å². The van der Waals surface area contributed by atoms with Crippen molar-refractivity contribution < 1.29 is 19.6 Å². The third-order valence-electron chi connectivity index (χ3n) is 4.08. The molecule has 0 saturated carbocycles. The van der Waals surface area contributed by atoms with Gasteiger partial charge in [0.25, 0.3) is 5.69 Å². The number of carbonyl (C=O) groups excluding carboxylic acids is 1. The van der Waals surface area contributed by atoms with Gasteiger partial charge in [-0.25, -0.2) is 4.79 Å². The van der Waals surface area contributed by atoms with Gasteiger partial charge in [-0.1, -0.05) is 0 Å². The van der Waals surface area contributed by atoms with E-state index < -0.39 is 17.0 Å². The van der Waals surface area contributed by atoms with Gasteiger partial charge < -0.3 is 14.7 Å². The number of methoxy groups -OCH3 is 1. The fraction of sp³-hybridized carbons (Fsp3) is 0.467. The van der Waals surface area contributed by atoms with Gasteiger partial charge >= 0.3 is 5.97 Å². The largest absolute Gasteiger partial charge is 0.467 e. The van der Waals surface area contributed by atoms with Crippen molar-refractivity contribution in [1.29, 1.82) is 5.26 Å². The Kier molecular flexibility index (Phi) is 5.13. The Morgan fingerprint density at radius 2 is 2.17 bits per heavy atom. The molecule has 1 heterocycles. The molecule has 1 aliphatic heterocycles. The van der Waals surface area contributed by atoms with Gasteiger partial charge in [-0.05, 0) is 24.8 Å². The molecule has 0 radical (unpaired) electrons. The van der Waals surface area contributed by atoms with Crippen molar-refractivity contribution in [2.45, 2.75) is 18.9 Å². The Morgan fingerprint density at radius 1 is 1.52 bits per heavy atom. The summed E-state index contributed by atoms with van der Waals surface area (Å²) in [6, 6.07) is 6.16. The predicted molar refractivity (Wildman–Crippen MR) is 80.8 cm³/mol. The molecule has 0 bridgehead atoms. The second kappa shape index (κ2) is 7.07. The summed E-state index contributed by atoms with van der Waals surface area (Å²) in [6.07, 6.45) is -0.00887. The highest BCUT2D eigenvalue weighted by Crippen LogP contribution is 2.30. The number of rotatable bonds is 4. The van der Waals surface area contributed by atoms with Gasteiger partial charge in [0.15, 0.2) is 6.10 Å². The van der Waals surface area contributed by atoms with Crippen LogP contribution < -0.4 is 4.90 Å². The number of piperidine rings is 1. The number of nitro benzene ring substituents is 1. The molecule has 8 nitrogen and oxygen atoms in total. The summed E-state index contributed by atoms with van der Waals surface area (Å²) < 4.78 is 4.54. The number of ether oxygens (including phenoxy) is 1. The van der Waals surface area contributed by atoms with Crippen molar-refractivity contribution in [3.63, 3.8) is 0 Å². The minimum atomic E-state index is -1.14. The van der Waals surface area contributed by atoms with Gasteiger partial charge in [0.2, 0.25) is 0 Å². The van der Waals surface area contributed by atoms with Gasteiger partial charge in [0.1, 0.15) is 6.07 Å². The van der Waals surface area contributed by atoms with Gasteiger partial charge in [0, 0.05) is 25.2 Å². The van der Waals surface area contributed by atoms with Crippen molar-refractivity contribution in [1.82, 2.24) is 0 Å². The SMILES string of the molecule is COC(=O)C(O)C1CCN(c2ccc([N+](=O)[O-])cc2C#N)CC1. The number of nitro groups is 1. The zero-order valence-corrected chi connectivity index (χ0v) is 12.6. The number of hydrogen-bond acceptors (Lipinski definition) is 7. The minimum absolute atomic E-state index is 0.124. The highest BCUT2D eigenvalue weighted by atomic mass is 16.6. The van der Waals surface area contributed by atoms with E-state index in [0.29, 0.717) is 31.6 Å². The normalized spacial score (nSPS) is 16.5. The van der Waals surface area contributed by atoms with Crippen molar-refractivity contribution in [2.24, 2.45) is 5.92 Å². The number of nitriles is 1. The van der Waals surface area contributed by atoms with Crippen molar-refractivity contribution in [2.75, 3.05) is 25.1 Å². The highest BCUT2D eigenvalue weighted by Gasteiger charge is 2.31. The van der Waals surface area contributed by atoms with Crippen LogP contribution in [-0.2, 0) is 9.53 Å². The van der Waals surface area contributed by atoms with Crippen LogP contribution in [0.15, 0.2) is 18.2 Å². The zero-order chi connectivity index (χ0) is 17.0. The molecule has 1 aliphatic rings. The average molecular weight is 319 g/mol. The number of benzene rings is 1. The summed E-state index contributed by atoms with van der Waals surface area (Å²) in [5.74, 6) is -0.834. The summed E-state index contributed by atoms with van der Waals surface area (Å²) in [5.41, 5.74) is 0.747. The molecule has 1 N–H and O–H groups in total. The number of hydrogen-bond donors (Lipinski definition) is 1. The summed E-state index contributed by atoms with van der Waals surface area (Å²) in [5, 5.41) is 29.9. The molecule has 1 atom stereocenters. The Morgan fingerprint density at radius 3 is 2.70 bits per heavy atom. The number of esters is 1. The number of nitrogens with zero attached hydrogens (tertiary/aromatic N) is 3. The van der Waals surface area contributed by atoms with Crippen LogP contribution in [0.5, 0.6) is 0 Å². The predicted octanol–water partition coefficient (Wildman–Crippen LogP) is 1.22. The molecule has 1 aromatic carbocycles. The third kappa shape index (κ3) is 3.57. The molecule has 1 aromatic rings. The number of carbonyl (C=O) groups is 1. The average Bonchev–Trinajstić information content (AvgIpc) is 2.59. The molecule has 122 valence electrons. The van der Waals surface area contributed by atoms with E-state index in [9.17, 15) is 25.3 Å². The molecular formula is C15H17N3O5. The maximum absolute atomic E-state index is 11.4. The Labute approximate surface area is 133 Å². The molecule has 2 rings (SSSR count).